The molecule has 0 aromatic heterocycles. The van der Waals surface area contributed by atoms with Gasteiger partial charge in [0.2, 0.25) is 0 Å². The third-order valence-electron chi connectivity index (χ3n) is 2.54. The van der Waals surface area contributed by atoms with Crippen LogP contribution in [0.2, 0.25) is 0 Å². The first-order chi connectivity index (χ1) is 7.34. The van der Waals surface area contributed by atoms with E-state index in [1.165, 1.54) is 0 Å². The van der Waals surface area contributed by atoms with Gasteiger partial charge in [-0.25, -0.2) is 0 Å². The van der Waals surface area contributed by atoms with Crippen LogP contribution in [0.25, 0.3) is 0 Å². The van der Waals surface area contributed by atoms with Crippen LogP contribution in [0.1, 0.15) is 41.0 Å². The highest BCUT2D eigenvalue weighted by molar-refractivity contribution is 7.90. The molecule has 0 aromatic carbocycles. The summed E-state index contributed by atoms with van der Waals surface area (Å²) in [5.74, 6) is -0.244. The number of hydrogen-bond donors (Lipinski definition) is 0. The Balaban J connectivity index is 2.66. The molecule has 0 bridgehead atoms. The Bertz CT molecular complexity index is 264. The van der Waals surface area contributed by atoms with Gasteiger partial charge in [0.25, 0.3) is 0 Å². The van der Waals surface area contributed by atoms with Crippen molar-refractivity contribution in [2.75, 3.05) is 6.61 Å². The topological polar surface area (TPSA) is 52.4 Å². The summed E-state index contributed by atoms with van der Waals surface area (Å²) in [6.45, 7) is 9.90. The number of hydrogen-bond acceptors (Lipinski definition) is 4. The normalized spacial score (nSPS) is 31.0. The fraction of sp³-hybridized carbons (Fsp3) is 0.909. The quantitative estimate of drug-likeness (QED) is 0.429. The summed E-state index contributed by atoms with van der Waals surface area (Å²) < 4.78 is 18.6. The monoisotopic (exact) mass is 247 g/mol. The lowest BCUT2D eigenvalue weighted by Crippen LogP contribution is -2.36. The van der Waals surface area contributed by atoms with Crippen LogP contribution in [0.15, 0.2) is 0 Å². The summed E-state index contributed by atoms with van der Waals surface area (Å²) in [5, 5.41) is 0. The maximum Gasteiger partial charge on any atom is 0.329 e. The maximum absolute atomic E-state index is 12.1. The molecule has 0 spiro atoms. The molecule has 0 N–H and O–H groups in total. The molecule has 94 valence electrons. The molecule has 0 saturated carbocycles. The first-order valence-electron chi connectivity index (χ1n) is 5.71. The lowest BCUT2D eigenvalue weighted by molar-refractivity contribution is -0.143. The van der Waals surface area contributed by atoms with Crippen molar-refractivity contribution < 1.29 is 14.1 Å². The standard InChI is InChI=1S/C11H21NO3S/c1-6-8-9(10(13)15-7-2)12(8)16(14)11(3,4)5/h8-9H,6-7H2,1-5H3/t8-,9-,12?,16-/m1/s1. The largest absolute Gasteiger partial charge is 0.597 e. The predicted octanol–water partition coefficient (Wildman–Crippen LogP) is 1.47. The highest BCUT2D eigenvalue weighted by atomic mass is 32.2. The molecule has 1 rings (SSSR count). The number of nitrogens with zero attached hydrogens (tertiary/aromatic N) is 1. The molecule has 1 heterocycles. The molecular weight excluding hydrogens is 226 g/mol. The fourth-order valence-corrected chi connectivity index (χ4v) is 3.21. The molecule has 1 aliphatic heterocycles. The molecule has 5 heteroatoms. The highest BCUT2D eigenvalue weighted by Gasteiger charge is 2.62. The van der Waals surface area contributed by atoms with Crippen molar-refractivity contribution in [3.05, 3.63) is 0 Å². The van der Waals surface area contributed by atoms with Gasteiger partial charge in [0.15, 0.2) is 6.04 Å². The van der Waals surface area contributed by atoms with Crippen LogP contribution in [0.3, 0.4) is 0 Å². The molecule has 1 saturated heterocycles. The Morgan fingerprint density at radius 2 is 2.00 bits per heavy atom. The summed E-state index contributed by atoms with van der Waals surface area (Å²) >= 11 is -1.13. The van der Waals surface area contributed by atoms with E-state index in [1.807, 2.05) is 27.7 Å². The lowest BCUT2D eigenvalue weighted by Gasteiger charge is -2.24. The number of rotatable bonds is 4. The second-order valence-corrected chi connectivity index (χ2v) is 7.04. The van der Waals surface area contributed by atoms with E-state index in [-0.39, 0.29) is 22.8 Å². The van der Waals surface area contributed by atoms with Crippen molar-refractivity contribution >= 4 is 17.3 Å². The fourth-order valence-electron chi connectivity index (χ4n) is 1.69. The average molecular weight is 247 g/mol. The summed E-state index contributed by atoms with van der Waals surface area (Å²) in [7, 11) is 0. The SMILES string of the molecule is CCOC(=O)[C@H]1[C@@H](CC)N1[S@+]([O-])C(C)(C)C. The second-order valence-electron chi connectivity index (χ2n) is 4.89. The van der Waals surface area contributed by atoms with Gasteiger partial charge in [-0.1, -0.05) is 6.92 Å². The van der Waals surface area contributed by atoms with Crippen LogP contribution in [0.4, 0.5) is 0 Å². The van der Waals surface area contributed by atoms with Crippen LogP contribution < -0.4 is 0 Å². The molecule has 0 aliphatic carbocycles. The molecule has 0 amide bonds. The lowest BCUT2D eigenvalue weighted by atomic mass is 10.2. The molecule has 1 unspecified atom stereocenters. The van der Waals surface area contributed by atoms with Gasteiger partial charge >= 0.3 is 5.97 Å². The van der Waals surface area contributed by atoms with Gasteiger partial charge in [0.1, 0.15) is 4.75 Å². The van der Waals surface area contributed by atoms with Crippen molar-refractivity contribution in [3.8, 4) is 0 Å². The van der Waals surface area contributed by atoms with E-state index in [4.69, 9.17) is 4.74 Å². The van der Waals surface area contributed by atoms with Crippen molar-refractivity contribution in [2.45, 2.75) is 57.9 Å². The van der Waals surface area contributed by atoms with E-state index >= 15 is 0 Å². The Hall–Kier alpha value is -0.260. The second kappa shape index (κ2) is 4.94. The maximum atomic E-state index is 12.1. The van der Waals surface area contributed by atoms with Gasteiger partial charge in [0.05, 0.1) is 12.6 Å². The molecule has 16 heavy (non-hydrogen) atoms. The van der Waals surface area contributed by atoms with Gasteiger partial charge in [-0.05, 0) is 34.1 Å². The van der Waals surface area contributed by atoms with E-state index in [1.54, 1.807) is 11.2 Å². The zero-order valence-corrected chi connectivity index (χ0v) is 11.5. The van der Waals surface area contributed by atoms with Crippen molar-refractivity contribution in [1.82, 2.24) is 4.31 Å². The van der Waals surface area contributed by atoms with Crippen LogP contribution in [-0.4, -0.2) is 38.3 Å². The Morgan fingerprint density at radius 3 is 2.38 bits per heavy atom. The van der Waals surface area contributed by atoms with Crippen LogP contribution in [-0.2, 0) is 20.9 Å². The third kappa shape index (κ3) is 2.70. The summed E-state index contributed by atoms with van der Waals surface area (Å²) in [6.07, 6.45) is 0.825. The Morgan fingerprint density at radius 1 is 1.44 bits per heavy atom. The number of ether oxygens (including phenoxy) is 1. The van der Waals surface area contributed by atoms with Crippen LogP contribution in [0.5, 0.6) is 0 Å². The molecule has 0 aromatic rings. The van der Waals surface area contributed by atoms with Gasteiger partial charge in [0, 0.05) is 11.4 Å². The van der Waals surface area contributed by atoms with Gasteiger partial charge in [-0.15, -0.1) is 4.31 Å². The van der Waals surface area contributed by atoms with Gasteiger partial charge in [-0.2, -0.15) is 0 Å². The van der Waals surface area contributed by atoms with Crippen LogP contribution in [0, 0.1) is 0 Å². The Kier molecular flexibility index (Phi) is 4.26. The van der Waals surface area contributed by atoms with Gasteiger partial charge < -0.3 is 9.29 Å². The summed E-state index contributed by atoms with van der Waals surface area (Å²) in [5.41, 5.74) is 0. The van der Waals surface area contributed by atoms with E-state index in [2.05, 4.69) is 0 Å². The van der Waals surface area contributed by atoms with E-state index < -0.39 is 11.4 Å². The van der Waals surface area contributed by atoms with Gasteiger partial charge in [-0.3, -0.25) is 4.79 Å². The van der Waals surface area contributed by atoms with E-state index in [0.717, 1.165) is 6.42 Å². The average Bonchev–Trinajstić information content (AvgIpc) is 2.89. The van der Waals surface area contributed by atoms with Crippen molar-refractivity contribution in [3.63, 3.8) is 0 Å². The molecule has 4 atom stereocenters. The molecule has 0 radical (unpaired) electrons. The minimum Gasteiger partial charge on any atom is -0.597 e. The van der Waals surface area contributed by atoms with Crippen molar-refractivity contribution in [2.24, 2.45) is 0 Å². The summed E-state index contributed by atoms with van der Waals surface area (Å²) in [4.78, 5) is 11.6. The molecule has 4 nitrogen and oxygen atoms in total. The first-order valence-corrected chi connectivity index (χ1v) is 6.82. The zero-order chi connectivity index (χ0) is 12.5. The number of esters is 1. The predicted molar refractivity (Wildman–Crippen MR) is 64.2 cm³/mol. The van der Waals surface area contributed by atoms with E-state index in [9.17, 15) is 9.35 Å². The van der Waals surface area contributed by atoms with Crippen LogP contribution >= 0.6 is 0 Å². The number of carbonyl (C=O) groups excluding carboxylic acids is 1. The minimum atomic E-state index is -1.13. The zero-order valence-electron chi connectivity index (χ0n) is 10.6. The Labute approximate surface area is 101 Å². The van der Waals surface area contributed by atoms with Crippen molar-refractivity contribution in [1.29, 1.82) is 0 Å². The molecule has 1 fully saturated rings. The minimum absolute atomic E-state index is 0.0825. The number of carbonyl (C=O) groups is 1. The molecule has 1 aliphatic rings. The van der Waals surface area contributed by atoms with E-state index in [0.29, 0.717) is 6.61 Å². The summed E-state index contributed by atoms with van der Waals surface area (Å²) in [6, 6.07) is -0.218. The molecular formula is C11H21NO3S. The smallest absolute Gasteiger partial charge is 0.329 e. The highest BCUT2D eigenvalue weighted by Crippen LogP contribution is 2.39. The first kappa shape index (κ1) is 13.8. The third-order valence-corrected chi connectivity index (χ3v) is 4.47.